The molecule has 1 saturated heterocycles. The number of nitrogens with one attached hydrogen (secondary N) is 1. The summed E-state index contributed by atoms with van der Waals surface area (Å²) >= 11 is 18.4. The first-order valence-corrected chi connectivity index (χ1v) is 6.53. The molecule has 3 nitrogen and oxygen atoms in total. The summed E-state index contributed by atoms with van der Waals surface area (Å²) in [5, 5.41) is 3.99. The highest BCUT2D eigenvalue weighted by molar-refractivity contribution is 6.44. The van der Waals surface area contributed by atoms with Crippen LogP contribution in [-0.4, -0.2) is 12.7 Å². The maximum Gasteiger partial charge on any atom is 0.407 e. The van der Waals surface area contributed by atoms with Gasteiger partial charge in [-0.25, -0.2) is 4.79 Å². The quantitative estimate of drug-likeness (QED) is 0.737. The third kappa shape index (κ3) is 3.22. The van der Waals surface area contributed by atoms with Gasteiger partial charge in [0.15, 0.2) is 0 Å². The summed E-state index contributed by atoms with van der Waals surface area (Å²) in [6.45, 7) is 4.22. The lowest BCUT2D eigenvalue weighted by Gasteiger charge is -2.39. The standard InChI is InChI=1S/C12H12Cl3NO2.ClH/c1-12(2)5-18-11(17)16-10(12)8-6(13)3-4-7(14)9(8)15;/h3-4,10H,5H2,1-2H3,(H,16,17);1H/t10-;/m0./s1. The molecule has 1 aliphatic rings. The van der Waals surface area contributed by atoms with E-state index in [0.717, 1.165) is 0 Å². The van der Waals surface area contributed by atoms with E-state index in [0.29, 0.717) is 27.2 Å². The Morgan fingerprint density at radius 1 is 1.26 bits per heavy atom. The van der Waals surface area contributed by atoms with E-state index in [9.17, 15) is 4.79 Å². The van der Waals surface area contributed by atoms with Gasteiger partial charge in [-0.15, -0.1) is 12.4 Å². The minimum Gasteiger partial charge on any atom is -0.449 e. The molecular formula is C12H13Cl4NO2. The Kier molecular flexibility index (Phi) is 5.24. The Balaban J connectivity index is 0.00000180. The van der Waals surface area contributed by atoms with Gasteiger partial charge in [-0.05, 0) is 12.1 Å². The molecular weight excluding hydrogens is 332 g/mol. The molecule has 1 fully saturated rings. The van der Waals surface area contributed by atoms with Crippen molar-refractivity contribution in [2.45, 2.75) is 19.9 Å². The zero-order valence-electron chi connectivity index (χ0n) is 10.3. The van der Waals surface area contributed by atoms with E-state index in [1.807, 2.05) is 13.8 Å². The number of cyclic esters (lactones) is 1. The number of amides is 1. The molecule has 1 atom stereocenters. The van der Waals surface area contributed by atoms with Gasteiger partial charge in [0.2, 0.25) is 0 Å². The van der Waals surface area contributed by atoms with Crippen molar-refractivity contribution in [3.8, 4) is 0 Å². The molecule has 2 rings (SSSR count). The SMILES string of the molecule is CC1(C)COC(=O)N[C@H]1c1c(Cl)ccc(Cl)c1Cl.Cl. The minimum atomic E-state index is -0.480. The number of halogens is 4. The second-order valence-corrected chi connectivity index (χ2v) is 6.09. The van der Waals surface area contributed by atoms with E-state index in [4.69, 9.17) is 39.5 Å². The van der Waals surface area contributed by atoms with Crippen LogP contribution in [0, 0.1) is 5.41 Å². The monoisotopic (exact) mass is 343 g/mol. The van der Waals surface area contributed by atoms with Gasteiger partial charge in [-0.3, -0.25) is 0 Å². The molecule has 1 aromatic rings. The van der Waals surface area contributed by atoms with Crippen molar-refractivity contribution >= 4 is 53.3 Å². The first kappa shape index (κ1) is 16.7. The topological polar surface area (TPSA) is 38.3 Å². The number of rotatable bonds is 1. The van der Waals surface area contributed by atoms with Gasteiger partial charge < -0.3 is 10.1 Å². The maximum absolute atomic E-state index is 11.4. The van der Waals surface area contributed by atoms with Crippen LogP contribution in [-0.2, 0) is 4.74 Å². The second-order valence-electron chi connectivity index (χ2n) is 4.90. The van der Waals surface area contributed by atoms with E-state index in [2.05, 4.69) is 5.32 Å². The number of hydrogen-bond donors (Lipinski definition) is 1. The van der Waals surface area contributed by atoms with Crippen LogP contribution in [0.1, 0.15) is 25.5 Å². The molecule has 0 bridgehead atoms. The molecule has 0 spiro atoms. The first-order valence-electron chi connectivity index (χ1n) is 5.39. The third-order valence-corrected chi connectivity index (χ3v) is 4.14. The lowest BCUT2D eigenvalue weighted by Crippen LogP contribution is -2.47. The lowest BCUT2D eigenvalue weighted by atomic mass is 9.80. The van der Waals surface area contributed by atoms with Crippen molar-refractivity contribution in [3.63, 3.8) is 0 Å². The molecule has 106 valence electrons. The van der Waals surface area contributed by atoms with Crippen molar-refractivity contribution in [2.24, 2.45) is 5.41 Å². The van der Waals surface area contributed by atoms with Gasteiger partial charge in [0, 0.05) is 16.0 Å². The number of carbonyl (C=O) groups is 1. The average Bonchev–Trinajstić information content (AvgIpc) is 2.29. The summed E-state index contributed by atoms with van der Waals surface area (Å²) in [6, 6.07) is 2.96. The average molecular weight is 345 g/mol. The lowest BCUT2D eigenvalue weighted by molar-refractivity contribution is 0.0388. The van der Waals surface area contributed by atoms with Crippen molar-refractivity contribution in [3.05, 3.63) is 32.8 Å². The Bertz CT molecular complexity index is 505. The smallest absolute Gasteiger partial charge is 0.407 e. The third-order valence-electron chi connectivity index (χ3n) is 2.99. The van der Waals surface area contributed by atoms with E-state index in [1.165, 1.54) is 0 Å². The van der Waals surface area contributed by atoms with Gasteiger partial charge >= 0.3 is 6.09 Å². The van der Waals surface area contributed by atoms with E-state index >= 15 is 0 Å². The van der Waals surface area contributed by atoms with Crippen LogP contribution in [0.15, 0.2) is 12.1 Å². The fraction of sp³-hybridized carbons (Fsp3) is 0.417. The van der Waals surface area contributed by atoms with Crippen molar-refractivity contribution in [2.75, 3.05) is 6.61 Å². The maximum atomic E-state index is 11.4. The largest absolute Gasteiger partial charge is 0.449 e. The highest BCUT2D eigenvalue weighted by atomic mass is 35.5. The second kappa shape index (κ2) is 5.96. The van der Waals surface area contributed by atoms with Gasteiger partial charge in [0.25, 0.3) is 0 Å². The zero-order valence-corrected chi connectivity index (χ0v) is 13.4. The summed E-state index contributed by atoms with van der Waals surface area (Å²) < 4.78 is 4.99. The summed E-state index contributed by atoms with van der Waals surface area (Å²) in [5.41, 5.74) is 0.304. The zero-order chi connectivity index (χ0) is 13.5. The fourth-order valence-electron chi connectivity index (χ4n) is 1.96. The van der Waals surface area contributed by atoms with Gasteiger partial charge in [-0.1, -0.05) is 48.7 Å². The molecule has 1 N–H and O–H groups in total. The van der Waals surface area contributed by atoms with E-state index in [1.54, 1.807) is 12.1 Å². The van der Waals surface area contributed by atoms with Crippen LogP contribution in [0.4, 0.5) is 4.79 Å². The number of benzene rings is 1. The Hall–Kier alpha value is -0.350. The highest BCUT2D eigenvalue weighted by Crippen LogP contribution is 2.44. The molecule has 7 heteroatoms. The molecule has 1 heterocycles. The Morgan fingerprint density at radius 2 is 1.84 bits per heavy atom. The summed E-state index contributed by atoms with van der Waals surface area (Å²) in [5.74, 6) is 0. The molecule has 1 amide bonds. The van der Waals surface area contributed by atoms with Crippen LogP contribution in [0.3, 0.4) is 0 Å². The first-order chi connectivity index (χ1) is 8.33. The molecule has 0 unspecified atom stereocenters. The summed E-state index contributed by atoms with van der Waals surface area (Å²) in [7, 11) is 0. The van der Waals surface area contributed by atoms with E-state index in [-0.39, 0.29) is 23.9 Å². The fourth-order valence-corrected chi connectivity index (χ4v) is 2.71. The number of carbonyl (C=O) groups excluding carboxylic acids is 1. The highest BCUT2D eigenvalue weighted by Gasteiger charge is 2.40. The molecule has 0 aromatic heterocycles. The molecule has 0 aliphatic carbocycles. The van der Waals surface area contributed by atoms with Crippen LogP contribution >= 0.6 is 47.2 Å². The van der Waals surface area contributed by atoms with E-state index < -0.39 is 6.09 Å². The normalized spacial score (nSPS) is 21.1. The number of hydrogen-bond acceptors (Lipinski definition) is 2. The van der Waals surface area contributed by atoms with Gasteiger partial charge in [-0.2, -0.15) is 0 Å². The predicted octanol–water partition coefficient (Wildman–Crippen LogP) is 4.88. The van der Waals surface area contributed by atoms with Crippen molar-refractivity contribution in [1.29, 1.82) is 0 Å². The van der Waals surface area contributed by atoms with Crippen LogP contribution in [0.25, 0.3) is 0 Å². The van der Waals surface area contributed by atoms with Crippen LogP contribution in [0.2, 0.25) is 15.1 Å². The molecule has 0 saturated carbocycles. The van der Waals surface area contributed by atoms with Crippen LogP contribution in [0.5, 0.6) is 0 Å². The van der Waals surface area contributed by atoms with Gasteiger partial charge in [0.1, 0.15) is 6.61 Å². The van der Waals surface area contributed by atoms with Gasteiger partial charge in [0.05, 0.1) is 16.1 Å². The molecule has 19 heavy (non-hydrogen) atoms. The van der Waals surface area contributed by atoms with Crippen molar-refractivity contribution < 1.29 is 9.53 Å². The summed E-state index contributed by atoms with van der Waals surface area (Å²) in [6.07, 6.45) is -0.480. The Morgan fingerprint density at radius 3 is 2.47 bits per heavy atom. The minimum absolute atomic E-state index is 0. The number of ether oxygens (including phenoxy) is 1. The molecule has 1 aliphatic heterocycles. The molecule has 1 aromatic carbocycles. The molecule has 0 radical (unpaired) electrons. The predicted molar refractivity (Wildman–Crippen MR) is 79.7 cm³/mol. The Labute approximate surface area is 133 Å². The van der Waals surface area contributed by atoms with Crippen molar-refractivity contribution in [1.82, 2.24) is 5.32 Å². The number of alkyl carbamates (subject to hydrolysis) is 1. The van der Waals surface area contributed by atoms with Crippen LogP contribution < -0.4 is 5.32 Å². The summed E-state index contributed by atoms with van der Waals surface area (Å²) in [4.78, 5) is 11.4.